The molecule has 1 aromatic rings. The molecule has 0 unspecified atom stereocenters. The fourth-order valence-corrected chi connectivity index (χ4v) is 4.99. The van der Waals surface area contributed by atoms with Crippen molar-refractivity contribution in [2.45, 2.75) is 18.9 Å². The van der Waals surface area contributed by atoms with E-state index in [1.54, 1.807) is 7.11 Å². The van der Waals surface area contributed by atoms with Crippen LogP contribution in [0.15, 0.2) is 18.2 Å². The summed E-state index contributed by atoms with van der Waals surface area (Å²) in [6.45, 7) is 7.36. The van der Waals surface area contributed by atoms with Crippen LogP contribution in [0.3, 0.4) is 0 Å². The van der Waals surface area contributed by atoms with Gasteiger partial charge in [0.15, 0.2) is 0 Å². The Morgan fingerprint density at radius 1 is 1.14 bits per heavy atom. The SMILES string of the molecule is COc1cc(N2CCC(N3CCP(C)CC3)CC2)ccc1N. The van der Waals surface area contributed by atoms with Crippen LogP contribution in [0.4, 0.5) is 11.4 Å². The molecule has 4 nitrogen and oxygen atoms in total. The molecular formula is C17H28N3OP. The molecule has 0 amide bonds. The molecule has 122 valence electrons. The van der Waals surface area contributed by atoms with Crippen LogP contribution in [0.1, 0.15) is 12.8 Å². The number of piperidine rings is 1. The number of ether oxygens (including phenoxy) is 1. The number of methoxy groups -OCH3 is 1. The molecule has 0 radical (unpaired) electrons. The van der Waals surface area contributed by atoms with E-state index in [1.807, 2.05) is 6.07 Å². The van der Waals surface area contributed by atoms with Crippen molar-refractivity contribution in [3.63, 3.8) is 0 Å². The van der Waals surface area contributed by atoms with Crippen molar-refractivity contribution in [1.82, 2.24) is 4.90 Å². The van der Waals surface area contributed by atoms with Crippen molar-refractivity contribution < 1.29 is 4.74 Å². The highest BCUT2D eigenvalue weighted by Gasteiger charge is 2.27. The summed E-state index contributed by atoms with van der Waals surface area (Å²) >= 11 is 0. The predicted octanol–water partition coefficient (Wildman–Crippen LogP) is 2.67. The molecule has 2 N–H and O–H groups in total. The number of hydrogen-bond acceptors (Lipinski definition) is 4. The summed E-state index contributed by atoms with van der Waals surface area (Å²) in [7, 11) is 2.01. The maximum atomic E-state index is 5.91. The van der Waals surface area contributed by atoms with Crippen molar-refractivity contribution in [2.75, 3.05) is 62.9 Å². The summed E-state index contributed by atoms with van der Waals surface area (Å²) in [4.78, 5) is 5.21. The van der Waals surface area contributed by atoms with Gasteiger partial charge in [-0.3, -0.25) is 4.90 Å². The number of rotatable bonds is 3. The minimum Gasteiger partial charge on any atom is -0.495 e. The van der Waals surface area contributed by atoms with Gasteiger partial charge in [0.1, 0.15) is 5.75 Å². The Hall–Kier alpha value is -0.990. The van der Waals surface area contributed by atoms with E-state index in [9.17, 15) is 0 Å². The van der Waals surface area contributed by atoms with Gasteiger partial charge in [0.25, 0.3) is 0 Å². The zero-order valence-corrected chi connectivity index (χ0v) is 14.7. The summed E-state index contributed by atoms with van der Waals surface area (Å²) in [5, 5.41) is 0. The smallest absolute Gasteiger partial charge is 0.143 e. The third-order valence-corrected chi connectivity index (χ3v) is 7.03. The van der Waals surface area contributed by atoms with E-state index in [2.05, 4.69) is 28.6 Å². The van der Waals surface area contributed by atoms with Gasteiger partial charge in [-0.2, -0.15) is 0 Å². The van der Waals surface area contributed by atoms with Crippen molar-refractivity contribution in [2.24, 2.45) is 0 Å². The average molecular weight is 321 g/mol. The molecule has 3 rings (SSSR count). The van der Waals surface area contributed by atoms with E-state index in [4.69, 9.17) is 10.5 Å². The molecule has 0 bridgehead atoms. The van der Waals surface area contributed by atoms with Gasteiger partial charge in [-0.1, -0.05) is 0 Å². The van der Waals surface area contributed by atoms with Gasteiger partial charge in [0.05, 0.1) is 12.8 Å². The third-order valence-electron chi connectivity index (χ3n) is 5.10. The highest BCUT2D eigenvalue weighted by Crippen LogP contribution is 2.35. The summed E-state index contributed by atoms with van der Waals surface area (Å²) in [5.74, 6) is 0.784. The molecule has 2 aliphatic heterocycles. The normalized spacial score (nSPS) is 22.0. The molecule has 2 saturated heterocycles. The van der Waals surface area contributed by atoms with Crippen LogP contribution >= 0.6 is 7.92 Å². The zero-order valence-electron chi connectivity index (χ0n) is 13.8. The van der Waals surface area contributed by atoms with E-state index in [-0.39, 0.29) is 0 Å². The van der Waals surface area contributed by atoms with Gasteiger partial charge in [-0.05, 0) is 44.0 Å². The van der Waals surface area contributed by atoms with Crippen molar-refractivity contribution in [1.29, 1.82) is 0 Å². The lowest BCUT2D eigenvalue weighted by Gasteiger charge is -2.42. The standard InChI is InChI=1S/C17H28N3OP/c1-21-17-13-15(3-4-16(17)18)19-7-5-14(6-8-19)20-9-11-22(2)12-10-20/h3-4,13-14H,5-12,18H2,1-2H3. The first-order valence-corrected chi connectivity index (χ1v) is 10.4. The Morgan fingerprint density at radius 3 is 2.45 bits per heavy atom. The minimum absolute atomic E-state index is 0.329. The van der Waals surface area contributed by atoms with Crippen LogP contribution < -0.4 is 15.4 Å². The maximum absolute atomic E-state index is 5.91. The zero-order chi connectivity index (χ0) is 15.5. The van der Waals surface area contributed by atoms with Crippen LogP contribution in [0.25, 0.3) is 0 Å². The quantitative estimate of drug-likeness (QED) is 0.686. The average Bonchev–Trinajstić information content (AvgIpc) is 2.56. The van der Waals surface area contributed by atoms with Crippen LogP contribution in [0, 0.1) is 0 Å². The first kappa shape index (κ1) is 15.9. The van der Waals surface area contributed by atoms with E-state index in [0.717, 1.165) is 24.9 Å². The number of benzene rings is 1. The molecule has 2 heterocycles. The van der Waals surface area contributed by atoms with E-state index in [1.165, 1.54) is 43.9 Å². The van der Waals surface area contributed by atoms with Gasteiger partial charge in [-0.15, -0.1) is 7.92 Å². The molecule has 5 heteroatoms. The van der Waals surface area contributed by atoms with E-state index < -0.39 is 0 Å². The predicted molar refractivity (Wildman–Crippen MR) is 96.8 cm³/mol. The fraction of sp³-hybridized carbons (Fsp3) is 0.647. The van der Waals surface area contributed by atoms with Gasteiger partial charge in [0.2, 0.25) is 0 Å². The monoisotopic (exact) mass is 321 g/mol. The largest absolute Gasteiger partial charge is 0.495 e. The number of nitrogen functional groups attached to an aromatic ring is 1. The summed E-state index contributed by atoms with van der Waals surface area (Å²) in [6.07, 6.45) is 5.41. The third kappa shape index (κ3) is 3.49. The summed E-state index contributed by atoms with van der Waals surface area (Å²) in [5.41, 5.74) is 7.86. The molecule has 0 saturated carbocycles. The second kappa shape index (κ2) is 7.06. The Labute approximate surface area is 135 Å². The lowest BCUT2D eigenvalue weighted by molar-refractivity contribution is 0.184. The van der Waals surface area contributed by atoms with Gasteiger partial charge >= 0.3 is 0 Å². The van der Waals surface area contributed by atoms with E-state index >= 15 is 0 Å². The van der Waals surface area contributed by atoms with Crippen LogP contribution in [0.5, 0.6) is 5.75 Å². The van der Waals surface area contributed by atoms with Crippen LogP contribution in [0.2, 0.25) is 0 Å². The highest BCUT2D eigenvalue weighted by molar-refractivity contribution is 7.56. The Morgan fingerprint density at radius 2 is 1.82 bits per heavy atom. The van der Waals surface area contributed by atoms with Crippen molar-refractivity contribution >= 4 is 19.3 Å². The van der Waals surface area contributed by atoms with E-state index in [0.29, 0.717) is 13.6 Å². The molecule has 0 atom stereocenters. The maximum Gasteiger partial charge on any atom is 0.143 e. The highest BCUT2D eigenvalue weighted by atomic mass is 31.1. The second-order valence-electron chi connectivity index (χ2n) is 6.48. The van der Waals surface area contributed by atoms with Crippen molar-refractivity contribution in [3.05, 3.63) is 18.2 Å². The van der Waals surface area contributed by atoms with Gasteiger partial charge < -0.3 is 15.4 Å². The number of nitrogens with two attached hydrogens (primary N) is 1. The molecule has 22 heavy (non-hydrogen) atoms. The Balaban J connectivity index is 1.57. The van der Waals surface area contributed by atoms with Gasteiger partial charge in [-0.25, -0.2) is 0 Å². The Bertz CT molecular complexity index is 495. The molecule has 0 aliphatic carbocycles. The number of nitrogens with zero attached hydrogens (tertiary/aromatic N) is 2. The first-order chi connectivity index (χ1) is 10.7. The number of anilines is 2. The number of hydrogen-bond donors (Lipinski definition) is 1. The molecule has 1 aromatic carbocycles. The topological polar surface area (TPSA) is 41.7 Å². The van der Waals surface area contributed by atoms with Crippen molar-refractivity contribution in [3.8, 4) is 5.75 Å². The molecule has 0 spiro atoms. The second-order valence-corrected chi connectivity index (χ2v) is 9.09. The van der Waals surface area contributed by atoms with Gasteiger partial charge in [0, 0.05) is 44.0 Å². The van der Waals surface area contributed by atoms with Crippen LogP contribution in [-0.4, -0.2) is 63.2 Å². The molecule has 2 fully saturated rings. The summed E-state index contributed by atoms with van der Waals surface area (Å²) < 4.78 is 5.34. The molecule has 2 aliphatic rings. The molecule has 0 aromatic heterocycles. The fourth-order valence-electron chi connectivity index (χ4n) is 3.57. The Kier molecular flexibility index (Phi) is 5.10. The lowest BCUT2D eigenvalue weighted by Crippen LogP contribution is -2.48. The first-order valence-electron chi connectivity index (χ1n) is 8.28. The lowest BCUT2D eigenvalue weighted by atomic mass is 10.0. The summed E-state index contributed by atoms with van der Waals surface area (Å²) in [6, 6.07) is 6.93. The molecular weight excluding hydrogens is 293 g/mol. The minimum atomic E-state index is 0.329. The van der Waals surface area contributed by atoms with Crippen LogP contribution in [-0.2, 0) is 0 Å².